The first-order valence-corrected chi connectivity index (χ1v) is 4.39. The van der Waals surface area contributed by atoms with Crippen molar-refractivity contribution in [3.8, 4) is 5.40 Å². The van der Waals surface area contributed by atoms with E-state index in [2.05, 4.69) is 0 Å². The van der Waals surface area contributed by atoms with Gasteiger partial charge < -0.3 is 5.73 Å². The molecule has 0 aliphatic heterocycles. The normalized spacial score (nSPS) is 9.42. The lowest BCUT2D eigenvalue weighted by molar-refractivity contribution is 1.30. The molecule has 1 aromatic rings. The summed E-state index contributed by atoms with van der Waals surface area (Å²) < 4.78 is 0. The van der Waals surface area contributed by atoms with Crippen LogP contribution in [0.3, 0.4) is 0 Å². The molecule has 0 aliphatic carbocycles. The minimum Gasteiger partial charge on any atom is -0.398 e. The topological polar surface area (TPSA) is 49.8 Å². The van der Waals surface area contributed by atoms with Crippen LogP contribution in [0.1, 0.15) is 11.1 Å². The Balaban J connectivity index is 3.14. The van der Waals surface area contributed by atoms with Crippen LogP contribution in [0.2, 0.25) is 0 Å². The van der Waals surface area contributed by atoms with Crippen LogP contribution in [-0.2, 0) is 0 Å². The molecule has 2 nitrogen and oxygen atoms in total. The molecule has 1 rings (SSSR count). The number of benzene rings is 1. The first-order chi connectivity index (χ1) is 5.65. The standard InChI is InChI=1S/C9H10N2S/c1-6-3-8(12-5-10)4-7(2)9(6)11/h3-4H,11H2,1-2H3. The summed E-state index contributed by atoms with van der Waals surface area (Å²) in [5.41, 5.74) is 8.64. The molecule has 0 saturated carbocycles. The van der Waals surface area contributed by atoms with Crippen LogP contribution in [0.4, 0.5) is 5.69 Å². The molecular formula is C9H10N2S. The van der Waals surface area contributed by atoms with Crippen molar-refractivity contribution in [2.24, 2.45) is 0 Å². The minimum absolute atomic E-state index is 0.817. The maximum absolute atomic E-state index is 8.45. The third-order valence-corrected chi connectivity index (χ3v) is 2.29. The van der Waals surface area contributed by atoms with E-state index >= 15 is 0 Å². The van der Waals surface area contributed by atoms with Gasteiger partial charge in [0, 0.05) is 10.6 Å². The number of thioether (sulfide) groups is 1. The lowest BCUT2D eigenvalue weighted by atomic mass is 10.1. The van der Waals surface area contributed by atoms with Gasteiger partial charge >= 0.3 is 0 Å². The smallest absolute Gasteiger partial charge is 0.138 e. The third-order valence-electron chi connectivity index (χ3n) is 1.73. The predicted octanol–water partition coefficient (Wildman–Crippen LogP) is 2.46. The zero-order valence-electron chi connectivity index (χ0n) is 7.09. The summed E-state index contributed by atoms with van der Waals surface area (Å²) in [4.78, 5) is 0.960. The van der Waals surface area contributed by atoms with Gasteiger partial charge in [0.1, 0.15) is 5.40 Å². The summed E-state index contributed by atoms with van der Waals surface area (Å²) in [6, 6.07) is 3.85. The summed E-state index contributed by atoms with van der Waals surface area (Å²) in [6.07, 6.45) is 0. The number of nitrogens with two attached hydrogens (primary N) is 1. The maximum atomic E-state index is 8.45. The maximum Gasteiger partial charge on any atom is 0.138 e. The molecular weight excluding hydrogens is 168 g/mol. The highest BCUT2D eigenvalue weighted by atomic mass is 32.2. The van der Waals surface area contributed by atoms with Crippen LogP contribution in [0, 0.1) is 24.5 Å². The molecule has 0 fully saturated rings. The fourth-order valence-corrected chi connectivity index (χ4v) is 1.62. The van der Waals surface area contributed by atoms with Crippen molar-refractivity contribution in [2.75, 3.05) is 5.73 Å². The van der Waals surface area contributed by atoms with Gasteiger partial charge in [-0.15, -0.1) is 0 Å². The van der Waals surface area contributed by atoms with Crippen LogP contribution in [-0.4, -0.2) is 0 Å². The Bertz CT molecular complexity index is 316. The molecule has 0 spiro atoms. The van der Waals surface area contributed by atoms with E-state index in [1.807, 2.05) is 31.4 Å². The molecule has 0 aliphatic rings. The van der Waals surface area contributed by atoms with Gasteiger partial charge in [-0.05, 0) is 48.9 Å². The largest absolute Gasteiger partial charge is 0.398 e. The van der Waals surface area contributed by atoms with Gasteiger partial charge in [0.15, 0.2) is 0 Å². The average Bonchev–Trinajstić information content (AvgIpc) is 2.01. The van der Waals surface area contributed by atoms with E-state index in [4.69, 9.17) is 11.0 Å². The molecule has 0 unspecified atom stereocenters. The van der Waals surface area contributed by atoms with E-state index in [1.165, 1.54) is 0 Å². The van der Waals surface area contributed by atoms with E-state index in [9.17, 15) is 0 Å². The minimum atomic E-state index is 0.817. The van der Waals surface area contributed by atoms with Crippen molar-refractivity contribution in [3.05, 3.63) is 23.3 Å². The molecule has 0 saturated heterocycles. The molecule has 3 heteroatoms. The molecule has 0 heterocycles. The molecule has 0 bridgehead atoms. The molecule has 2 N–H and O–H groups in total. The zero-order chi connectivity index (χ0) is 9.14. The highest BCUT2D eigenvalue weighted by molar-refractivity contribution is 8.03. The fourth-order valence-electron chi connectivity index (χ4n) is 1.05. The van der Waals surface area contributed by atoms with Crippen molar-refractivity contribution in [1.82, 2.24) is 0 Å². The van der Waals surface area contributed by atoms with E-state index in [0.29, 0.717) is 0 Å². The number of nitrogen functional groups attached to an aromatic ring is 1. The lowest BCUT2D eigenvalue weighted by Crippen LogP contribution is -1.93. The van der Waals surface area contributed by atoms with Gasteiger partial charge in [0.05, 0.1) is 0 Å². The zero-order valence-corrected chi connectivity index (χ0v) is 7.90. The Morgan fingerprint density at radius 2 is 1.83 bits per heavy atom. The second-order valence-electron chi connectivity index (χ2n) is 2.66. The van der Waals surface area contributed by atoms with Crippen molar-refractivity contribution in [2.45, 2.75) is 18.7 Å². The van der Waals surface area contributed by atoms with Crippen molar-refractivity contribution >= 4 is 17.4 Å². The Morgan fingerprint density at radius 3 is 2.25 bits per heavy atom. The first-order valence-electron chi connectivity index (χ1n) is 3.58. The summed E-state index contributed by atoms with van der Waals surface area (Å²) in [5.74, 6) is 0. The highest BCUT2D eigenvalue weighted by Gasteiger charge is 2.01. The molecule has 12 heavy (non-hydrogen) atoms. The number of rotatable bonds is 1. The summed E-state index contributed by atoms with van der Waals surface area (Å²) in [5, 5.41) is 10.5. The summed E-state index contributed by atoms with van der Waals surface area (Å²) in [6.45, 7) is 3.90. The van der Waals surface area contributed by atoms with Gasteiger partial charge in [0.25, 0.3) is 0 Å². The van der Waals surface area contributed by atoms with E-state index in [-0.39, 0.29) is 0 Å². The third kappa shape index (κ3) is 1.72. The molecule has 62 valence electrons. The average molecular weight is 178 g/mol. The Kier molecular flexibility index (Phi) is 2.61. The van der Waals surface area contributed by atoms with Crippen molar-refractivity contribution in [3.63, 3.8) is 0 Å². The van der Waals surface area contributed by atoms with Gasteiger partial charge in [-0.1, -0.05) is 0 Å². The molecule has 0 atom stereocenters. The second kappa shape index (κ2) is 3.51. The van der Waals surface area contributed by atoms with E-state index in [0.717, 1.165) is 33.5 Å². The Morgan fingerprint density at radius 1 is 1.33 bits per heavy atom. The highest BCUT2D eigenvalue weighted by Crippen LogP contribution is 2.24. The summed E-state index contributed by atoms with van der Waals surface area (Å²) in [7, 11) is 0. The van der Waals surface area contributed by atoms with Crippen molar-refractivity contribution in [1.29, 1.82) is 5.26 Å². The van der Waals surface area contributed by atoms with Crippen LogP contribution in [0.25, 0.3) is 0 Å². The lowest BCUT2D eigenvalue weighted by Gasteiger charge is -2.05. The van der Waals surface area contributed by atoms with Gasteiger partial charge in [-0.2, -0.15) is 5.26 Å². The SMILES string of the molecule is Cc1cc(SC#N)cc(C)c1N. The second-order valence-corrected chi connectivity index (χ2v) is 3.52. The molecule has 0 aromatic heterocycles. The van der Waals surface area contributed by atoms with Gasteiger partial charge in [0.2, 0.25) is 0 Å². The van der Waals surface area contributed by atoms with E-state index < -0.39 is 0 Å². The first kappa shape index (κ1) is 8.95. The van der Waals surface area contributed by atoms with Crippen molar-refractivity contribution < 1.29 is 0 Å². The number of nitriles is 1. The van der Waals surface area contributed by atoms with E-state index in [1.54, 1.807) is 0 Å². The Labute approximate surface area is 76.4 Å². The molecule has 0 amide bonds. The monoisotopic (exact) mass is 178 g/mol. The quantitative estimate of drug-likeness (QED) is 0.408. The van der Waals surface area contributed by atoms with Crippen LogP contribution >= 0.6 is 11.8 Å². The number of nitrogens with zero attached hydrogens (tertiary/aromatic N) is 1. The molecule has 1 aromatic carbocycles. The van der Waals surface area contributed by atoms with Gasteiger partial charge in [-0.25, -0.2) is 0 Å². The molecule has 0 radical (unpaired) electrons. The Hall–Kier alpha value is -1.14. The van der Waals surface area contributed by atoms with Gasteiger partial charge in [-0.3, -0.25) is 0 Å². The van der Waals surface area contributed by atoms with Crippen LogP contribution in [0.15, 0.2) is 17.0 Å². The number of hydrogen-bond donors (Lipinski definition) is 1. The number of aryl methyl sites for hydroxylation is 2. The number of hydrogen-bond acceptors (Lipinski definition) is 3. The summed E-state index contributed by atoms with van der Waals surface area (Å²) >= 11 is 1.16. The number of anilines is 1. The van der Waals surface area contributed by atoms with Crippen LogP contribution in [0.5, 0.6) is 0 Å². The van der Waals surface area contributed by atoms with Crippen LogP contribution < -0.4 is 5.73 Å². The fraction of sp³-hybridized carbons (Fsp3) is 0.222. The predicted molar refractivity (Wildman–Crippen MR) is 51.8 cm³/mol. The number of thiocyanates is 1.